The van der Waals surface area contributed by atoms with Crippen LogP contribution in [-0.2, 0) is 17.7 Å². The van der Waals surface area contributed by atoms with Gasteiger partial charge in [0.25, 0.3) is 0 Å². The van der Waals surface area contributed by atoms with Crippen LogP contribution in [0.1, 0.15) is 11.1 Å². The molecule has 3 rings (SSSR count). The van der Waals surface area contributed by atoms with E-state index in [0.29, 0.717) is 0 Å². The number of benzene rings is 2. The molecule has 1 saturated heterocycles. The summed E-state index contributed by atoms with van der Waals surface area (Å²) in [6, 6.07) is 16.5. The number of hydrogen-bond acceptors (Lipinski definition) is 3. The second-order valence-corrected chi connectivity index (χ2v) is 6.89. The van der Waals surface area contributed by atoms with Crippen molar-refractivity contribution in [1.82, 2.24) is 10.6 Å². The third-order valence-electron chi connectivity index (χ3n) is 4.63. The molecule has 2 aromatic carbocycles. The minimum absolute atomic E-state index is 0.730. The van der Waals surface area contributed by atoms with Crippen molar-refractivity contribution in [3.63, 3.8) is 0 Å². The van der Waals surface area contributed by atoms with Crippen molar-refractivity contribution in [1.29, 1.82) is 0 Å². The summed E-state index contributed by atoms with van der Waals surface area (Å²) in [6.07, 6.45) is 0.919. The smallest absolute Gasteiger partial charge is 0.191 e. The fourth-order valence-corrected chi connectivity index (χ4v) is 3.27. The first-order valence-corrected chi connectivity index (χ1v) is 9.73. The number of halogens is 1. The number of aliphatic imine (C=N–C) groups is 1. The minimum atomic E-state index is 0.730. The Bertz CT molecular complexity index is 742. The molecule has 0 aromatic heterocycles. The van der Waals surface area contributed by atoms with E-state index >= 15 is 0 Å². The van der Waals surface area contributed by atoms with Crippen LogP contribution in [0.4, 0.5) is 5.69 Å². The lowest BCUT2D eigenvalue weighted by Gasteiger charge is -2.30. The first-order valence-electron chi connectivity index (χ1n) is 9.36. The highest BCUT2D eigenvalue weighted by atomic mass is 35.5. The Morgan fingerprint density at radius 1 is 1.07 bits per heavy atom. The molecule has 144 valence electrons. The Morgan fingerprint density at radius 2 is 1.81 bits per heavy atom. The molecule has 1 aliphatic heterocycles. The third kappa shape index (κ3) is 5.88. The molecule has 0 bridgehead atoms. The van der Waals surface area contributed by atoms with Crippen LogP contribution in [0.5, 0.6) is 0 Å². The molecule has 27 heavy (non-hydrogen) atoms. The van der Waals surface area contributed by atoms with E-state index in [1.807, 2.05) is 12.1 Å². The van der Waals surface area contributed by atoms with Crippen molar-refractivity contribution < 1.29 is 4.74 Å². The summed E-state index contributed by atoms with van der Waals surface area (Å²) in [7, 11) is 1.80. The van der Waals surface area contributed by atoms with Crippen LogP contribution in [0, 0.1) is 0 Å². The summed E-state index contributed by atoms with van der Waals surface area (Å²) in [4.78, 5) is 6.72. The van der Waals surface area contributed by atoms with Gasteiger partial charge in [-0.3, -0.25) is 4.99 Å². The van der Waals surface area contributed by atoms with E-state index in [-0.39, 0.29) is 0 Å². The Kier molecular flexibility index (Phi) is 7.36. The van der Waals surface area contributed by atoms with Crippen LogP contribution in [0.25, 0.3) is 0 Å². The molecule has 0 atom stereocenters. The first-order chi connectivity index (χ1) is 13.3. The summed E-state index contributed by atoms with van der Waals surface area (Å²) < 4.78 is 5.47. The maximum atomic E-state index is 5.93. The van der Waals surface area contributed by atoms with E-state index in [0.717, 1.165) is 56.8 Å². The zero-order chi connectivity index (χ0) is 18.9. The number of nitrogens with zero attached hydrogens (tertiary/aromatic N) is 2. The molecule has 1 fully saturated rings. The van der Waals surface area contributed by atoms with Gasteiger partial charge in [0, 0.05) is 43.9 Å². The van der Waals surface area contributed by atoms with E-state index in [9.17, 15) is 0 Å². The molecule has 0 amide bonds. The minimum Gasteiger partial charge on any atom is -0.378 e. The van der Waals surface area contributed by atoms with Gasteiger partial charge in [0.15, 0.2) is 5.96 Å². The van der Waals surface area contributed by atoms with Gasteiger partial charge >= 0.3 is 0 Å². The van der Waals surface area contributed by atoms with E-state index in [1.165, 1.54) is 16.8 Å². The predicted octanol–water partition coefficient (Wildman–Crippen LogP) is 3.08. The number of rotatable bonds is 6. The standard InChI is InChI=1S/C21H27ClN4O/c1-23-21(24-11-10-17-6-8-19(22)9-7-17)25-16-18-4-2-3-5-20(18)26-12-14-27-15-13-26/h2-9H,10-16H2,1H3,(H2,23,24,25). The van der Waals surface area contributed by atoms with Gasteiger partial charge in [-0.1, -0.05) is 41.9 Å². The molecule has 2 N–H and O–H groups in total. The SMILES string of the molecule is CN=C(NCCc1ccc(Cl)cc1)NCc1ccccc1N1CCOCC1. The largest absolute Gasteiger partial charge is 0.378 e. The fraction of sp³-hybridized carbons (Fsp3) is 0.381. The molecule has 2 aromatic rings. The zero-order valence-electron chi connectivity index (χ0n) is 15.7. The number of hydrogen-bond donors (Lipinski definition) is 2. The normalized spacial score (nSPS) is 14.9. The van der Waals surface area contributed by atoms with Crippen LogP contribution in [-0.4, -0.2) is 45.9 Å². The van der Waals surface area contributed by atoms with E-state index in [2.05, 4.69) is 56.9 Å². The molecule has 5 nitrogen and oxygen atoms in total. The molecule has 1 aliphatic rings. The van der Waals surface area contributed by atoms with Crippen molar-refractivity contribution in [2.75, 3.05) is 44.8 Å². The van der Waals surface area contributed by atoms with E-state index in [4.69, 9.17) is 16.3 Å². The molecular formula is C21H27ClN4O. The number of ether oxygens (including phenoxy) is 1. The van der Waals surface area contributed by atoms with Crippen LogP contribution < -0.4 is 15.5 Å². The molecule has 0 spiro atoms. The highest BCUT2D eigenvalue weighted by Gasteiger charge is 2.14. The summed E-state index contributed by atoms with van der Waals surface area (Å²) >= 11 is 5.93. The topological polar surface area (TPSA) is 48.9 Å². The monoisotopic (exact) mass is 386 g/mol. The number of guanidine groups is 1. The molecule has 0 unspecified atom stereocenters. The van der Waals surface area contributed by atoms with Crippen molar-refractivity contribution in [3.8, 4) is 0 Å². The summed E-state index contributed by atoms with van der Waals surface area (Å²) in [5.74, 6) is 0.806. The number of morpholine rings is 1. The quantitative estimate of drug-likeness (QED) is 0.591. The van der Waals surface area contributed by atoms with Crippen molar-refractivity contribution >= 4 is 23.2 Å². The van der Waals surface area contributed by atoms with Crippen LogP contribution >= 0.6 is 11.6 Å². The molecule has 1 heterocycles. The highest BCUT2D eigenvalue weighted by Crippen LogP contribution is 2.21. The summed E-state index contributed by atoms with van der Waals surface area (Å²) in [5.41, 5.74) is 3.78. The number of nitrogens with one attached hydrogen (secondary N) is 2. The Labute approximate surface area is 166 Å². The maximum Gasteiger partial charge on any atom is 0.191 e. The molecule has 0 radical (unpaired) electrons. The lowest BCUT2D eigenvalue weighted by molar-refractivity contribution is 0.122. The second-order valence-electron chi connectivity index (χ2n) is 6.46. The molecular weight excluding hydrogens is 360 g/mol. The lowest BCUT2D eigenvalue weighted by atomic mass is 10.1. The first kappa shape index (κ1) is 19.5. The van der Waals surface area contributed by atoms with Gasteiger partial charge in [0.1, 0.15) is 0 Å². The average molecular weight is 387 g/mol. The molecule has 6 heteroatoms. The summed E-state index contributed by atoms with van der Waals surface area (Å²) in [6.45, 7) is 4.99. The number of anilines is 1. The molecule has 0 saturated carbocycles. The van der Waals surface area contributed by atoms with Gasteiger partial charge in [-0.15, -0.1) is 0 Å². The van der Waals surface area contributed by atoms with Gasteiger partial charge in [0.2, 0.25) is 0 Å². The molecule has 0 aliphatic carbocycles. The van der Waals surface area contributed by atoms with E-state index in [1.54, 1.807) is 7.05 Å². The van der Waals surface area contributed by atoms with Gasteiger partial charge < -0.3 is 20.3 Å². The third-order valence-corrected chi connectivity index (χ3v) is 4.88. The van der Waals surface area contributed by atoms with Crippen molar-refractivity contribution in [2.24, 2.45) is 4.99 Å². The van der Waals surface area contributed by atoms with Crippen LogP contribution in [0.2, 0.25) is 5.02 Å². The fourth-order valence-electron chi connectivity index (χ4n) is 3.15. The number of para-hydroxylation sites is 1. The van der Waals surface area contributed by atoms with Gasteiger partial charge in [-0.25, -0.2) is 0 Å². The van der Waals surface area contributed by atoms with Crippen LogP contribution in [0.3, 0.4) is 0 Å². The highest BCUT2D eigenvalue weighted by molar-refractivity contribution is 6.30. The van der Waals surface area contributed by atoms with Crippen molar-refractivity contribution in [3.05, 3.63) is 64.7 Å². The maximum absolute atomic E-state index is 5.93. The second kappa shape index (κ2) is 10.2. The average Bonchev–Trinajstić information content (AvgIpc) is 2.73. The van der Waals surface area contributed by atoms with Gasteiger partial charge in [0.05, 0.1) is 13.2 Å². The Morgan fingerprint density at radius 3 is 2.56 bits per heavy atom. The van der Waals surface area contributed by atoms with E-state index < -0.39 is 0 Å². The van der Waals surface area contributed by atoms with Gasteiger partial charge in [-0.05, 0) is 35.7 Å². The summed E-state index contributed by atoms with van der Waals surface area (Å²) in [5, 5.41) is 7.56. The van der Waals surface area contributed by atoms with Crippen molar-refractivity contribution in [2.45, 2.75) is 13.0 Å². The van der Waals surface area contributed by atoms with Gasteiger partial charge in [-0.2, -0.15) is 0 Å². The van der Waals surface area contributed by atoms with Crippen LogP contribution in [0.15, 0.2) is 53.5 Å². The Balaban J connectivity index is 1.51. The predicted molar refractivity (Wildman–Crippen MR) is 113 cm³/mol. The zero-order valence-corrected chi connectivity index (χ0v) is 16.5. The lowest BCUT2D eigenvalue weighted by Crippen LogP contribution is -2.39. The Hall–Kier alpha value is -2.24.